The molecule has 14 heavy (non-hydrogen) atoms. The van der Waals surface area contributed by atoms with Crippen molar-refractivity contribution in [3.63, 3.8) is 0 Å². The van der Waals surface area contributed by atoms with Crippen LogP contribution in [0.15, 0.2) is 0 Å². The molecule has 1 aromatic rings. The van der Waals surface area contributed by atoms with E-state index in [1.165, 1.54) is 0 Å². The smallest absolute Gasteiger partial charge is 0.237 e. The fraction of sp³-hybridized carbons (Fsp3) is 0.714. The highest BCUT2D eigenvalue weighted by Gasteiger charge is 2.16. The Morgan fingerprint density at radius 1 is 1.50 bits per heavy atom. The number of nitrogens with one attached hydrogen (secondary N) is 3. The van der Waals surface area contributed by atoms with Gasteiger partial charge in [0.2, 0.25) is 5.91 Å². The average Bonchev–Trinajstić information content (AvgIpc) is 2.69. The summed E-state index contributed by atoms with van der Waals surface area (Å²) >= 11 is 0. The highest BCUT2D eigenvalue weighted by atomic mass is 16.2. The first-order valence-corrected chi connectivity index (χ1v) is 4.36. The molecule has 0 aromatic carbocycles. The van der Waals surface area contributed by atoms with Crippen LogP contribution in [-0.2, 0) is 4.79 Å². The number of hydrogen-bond donors (Lipinski definition) is 3. The highest BCUT2D eigenvalue weighted by molar-refractivity contribution is 5.81. The molecule has 1 amide bonds. The van der Waals surface area contributed by atoms with Crippen molar-refractivity contribution in [1.82, 2.24) is 31.3 Å². The Labute approximate surface area is 81.7 Å². The summed E-state index contributed by atoms with van der Waals surface area (Å²) in [5.74, 6) is 0.381. The number of nitrogens with zero attached hydrogens (tertiary/aromatic N) is 3. The fourth-order valence-corrected chi connectivity index (χ4v) is 0.887. The highest BCUT2D eigenvalue weighted by Crippen LogP contribution is 2.02. The van der Waals surface area contributed by atoms with Gasteiger partial charge in [-0.1, -0.05) is 5.21 Å². The number of tetrazole rings is 1. The summed E-state index contributed by atoms with van der Waals surface area (Å²) in [4.78, 5) is 11.4. The number of carbonyl (C=O) groups excluding carboxylic acids is 1. The van der Waals surface area contributed by atoms with Gasteiger partial charge in [0.05, 0.1) is 12.1 Å². The van der Waals surface area contributed by atoms with Gasteiger partial charge < -0.3 is 10.6 Å². The molecule has 7 nitrogen and oxygen atoms in total. The molecule has 0 bridgehead atoms. The zero-order valence-corrected chi connectivity index (χ0v) is 8.40. The lowest BCUT2D eigenvalue weighted by Crippen LogP contribution is -2.41. The number of aromatic amines is 1. The quantitative estimate of drug-likeness (QED) is 0.576. The second-order valence-corrected chi connectivity index (χ2v) is 3.01. The summed E-state index contributed by atoms with van der Waals surface area (Å²) in [6, 6.07) is -0.471. The minimum absolute atomic E-state index is 0.0928. The molecule has 3 N–H and O–H groups in total. The van der Waals surface area contributed by atoms with E-state index in [1.54, 1.807) is 20.9 Å². The van der Waals surface area contributed by atoms with Crippen molar-refractivity contribution in [1.29, 1.82) is 0 Å². The molecule has 1 aromatic heterocycles. The Kier molecular flexibility index (Phi) is 3.52. The third-order valence-corrected chi connectivity index (χ3v) is 1.93. The van der Waals surface area contributed by atoms with E-state index in [2.05, 4.69) is 31.3 Å². The first kappa shape index (κ1) is 10.6. The normalized spacial score (nSPS) is 14.8. The van der Waals surface area contributed by atoms with E-state index in [4.69, 9.17) is 0 Å². The van der Waals surface area contributed by atoms with E-state index in [9.17, 15) is 4.79 Å². The van der Waals surface area contributed by atoms with Gasteiger partial charge in [0.1, 0.15) is 0 Å². The van der Waals surface area contributed by atoms with Crippen LogP contribution in [0.3, 0.4) is 0 Å². The number of amides is 1. The Morgan fingerprint density at radius 3 is 2.71 bits per heavy atom. The summed E-state index contributed by atoms with van der Waals surface area (Å²) in [5, 5.41) is 18.9. The van der Waals surface area contributed by atoms with Crippen molar-refractivity contribution in [3.05, 3.63) is 5.82 Å². The number of H-pyrrole nitrogens is 1. The third kappa shape index (κ3) is 2.49. The largest absolute Gasteiger partial charge is 0.345 e. The standard InChI is InChI=1S/C7H14N6O/c1-4(6-10-12-13-11-6)9-7(14)5(2)8-3/h4-5,8H,1-3H3,(H,9,14)(H,10,11,12,13). The first-order chi connectivity index (χ1) is 6.65. The Hall–Kier alpha value is -1.50. The van der Waals surface area contributed by atoms with Gasteiger partial charge in [-0.25, -0.2) is 0 Å². The Morgan fingerprint density at radius 2 is 2.21 bits per heavy atom. The molecule has 7 heteroatoms. The molecule has 2 unspecified atom stereocenters. The lowest BCUT2D eigenvalue weighted by molar-refractivity contribution is -0.123. The van der Waals surface area contributed by atoms with Gasteiger partial charge in [-0.3, -0.25) is 4.79 Å². The predicted octanol–water partition coefficient (Wildman–Crippen LogP) is -1.02. The second-order valence-electron chi connectivity index (χ2n) is 3.01. The number of rotatable bonds is 4. The van der Waals surface area contributed by atoms with Crippen LogP contribution >= 0.6 is 0 Å². The topological polar surface area (TPSA) is 95.6 Å². The summed E-state index contributed by atoms with van der Waals surface area (Å²) < 4.78 is 0. The molecule has 0 spiro atoms. The van der Waals surface area contributed by atoms with Crippen LogP contribution in [0.1, 0.15) is 25.7 Å². The van der Waals surface area contributed by atoms with Crippen molar-refractivity contribution < 1.29 is 4.79 Å². The van der Waals surface area contributed by atoms with Crippen LogP contribution in [0.5, 0.6) is 0 Å². The van der Waals surface area contributed by atoms with Gasteiger partial charge in [-0.2, -0.15) is 5.21 Å². The molecule has 0 radical (unpaired) electrons. The molecule has 0 aliphatic rings. The third-order valence-electron chi connectivity index (χ3n) is 1.93. The fourth-order valence-electron chi connectivity index (χ4n) is 0.887. The number of carbonyl (C=O) groups is 1. The zero-order valence-electron chi connectivity index (χ0n) is 8.40. The van der Waals surface area contributed by atoms with Gasteiger partial charge in [0.15, 0.2) is 5.82 Å². The molecular weight excluding hydrogens is 184 g/mol. The lowest BCUT2D eigenvalue weighted by Gasteiger charge is -2.14. The summed E-state index contributed by atoms with van der Waals surface area (Å²) in [6.45, 7) is 3.57. The van der Waals surface area contributed by atoms with Crippen LogP contribution in [0.25, 0.3) is 0 Å². The second kappa shape index (κ2) is 4.66. The summed E-state index contributed by atoms with van der Waals surface area (Å²) in [6.07, 6.45) is 0. The Balaban J connectivity index is 2.49. The van der Waals surface area contributed by atoms with Gasteiger partial charge >= 0.3 is 0 Å². The molecule has 2 atom stereocenters. The molecule has 0 aliphatic heterocycles. The minimum atomic E-state index is -0.239. The van der Waals surface area contributed by atoms with Crippen molar-refractivity contribution >= 4 is 5.91 Å². The van der Waals surface area contributed by atoms with E-state index in [0.717, 1.165) is 0 Å². The van der Waals surface area contributed by atoms with Crippen LogP contribution < -0.4 is 10.6 Å². The maximum absolute atomic E-state index is 11.4. The van der Waals surface area contributed by atoms with Gasteiger partial charge in [-0.15, -0.1) is 10.2 Å². The average molecular weight is 198 g/mol. The minimum Gasteiger partial charge on any atom is -0.345 e. The van der Waals surface area contributed by atoms with Crippen LogP contribution in [0.2, 0.25) is 0 Å². The van der Waals surface area contributed by atoms with Crippen LogP contribution in [-0.4, -0.2) is 39.6 Å². The van der Waals surface area contributed by atoms with E-state index < -0.39 is 0 Å². The molecule has 1 heterocycles. The van der Waals surface area contributed by atoms with Crippen molar-refractivity contribution in [2.45, 2.75) is 25.9 Å². The molecular formula is C7H14N6O. The van der Waals surface area contributed by atoms with Gasteiger partial charge in [-0.05, 0) is 20.9 Å². The number of likely N-dealkylation sites (N-methyl/N-ethyl adjacent to an activating group) is 1. The van der Waals surface area contributed by atoms with Crippen molar-refractivity contribution in [2.24, 2.45) is 0 Å². The summed E-state index contributed by atoms with van der Waals surface area (Å²) in [7, 11) is 1.73. The molecule has 0 aliphatic carbocycles. The first-order valence-electron chi connectivity index (χ1n) is 4.36. The Bertz CT molecular complexity index is 284. The zero-order chi connectivity index (χ0) is 10.6. The van der Waals surface area contributed by atoms with Crippen LogP contribution in [0, 0.1) is 0 Å². The predicted molar refractivity (Wildman–Crippen MR) is 49.3 cm³/mol. The molecule has 1 rings (SSSR count). The number of hydrogen-bond acceptors (Lipinski definition) is 5. The lowest BCUT2D eigenvalue weighted by atomic mass is 10.2. The van der Waals surface area contributed by atoms with Crippen LogP contribution in [0.4, 0.5) is 0 Å². The van der Waals surface area contributed by atoms with Gasteiger partial charge in [0, 0.05) is 0 Å². The maximum Gasteiger partial charge on any atom is 0.237 e. The van der Waals surface area contributed by atoms with Crippen molar-refractivity contribution in [2.75, 3.05) is 7.05 Å². The monoisotopic (exact) mass is 198 g/mol. The molecule has 0 fully saturated rings. The maximum atomic E-state index is 11.4. The molecule has 0 saturated carbocycles. The number of aromatic nitrogens is 4. The SMILES string of the molecule is CNC(C)C(=O)NC(C)c1nn[nH]n1. The summed E-state index contributed by atoms with van der Waals surface area (Å²) in [5.41, 5.74) is 0. The molecule has 0 saturated heterocycles. The molecule has 78 valence electrons. The van der Waals surface area contributed by atoms with Gasteiger partial charge in [0.25, 0.3) is 0 Å². The van der Waals surface area contributed by atoms with Crippen molar-refractivity contribution in [3.8, 4) is 0 Å². The van der Waals surface area contributed by atoms with E-state index in [1.807, 2.05) is 0 Å². The van der Waals surface area contributed by atoms with E-state index in [0.29, 0.717) is 5.82 Å². The van der Waals surface area contributed by atoms with E-state index >= 15 is 0 Å². The van der Waals surface area contributed by atoms with E-state index in [-0.39, 0.29) is 18.0 Å².